The van der Waals surface area contributed by atoms with Crippen LogP contribution in [-0.2, 0) is 0 Å². The third-order valence-corrected chi connectivity index (χ3v) is 2.63. The smallest absolute Gasteiger partial charge is 0.254 e. The van der Waals surface area contributed by atoms with E-state index in [0.717, 1.165) is 0 Å². The van der Waals surface area contributed by atoms with Crippen LogP contribution < -0.4 is 5.73 Å². The molecule has 0 fully saturated rings. The van der Waals surface area contributed by atoms with E-state index in [0.29, 0.717) is 11.1 Å². The molecule has 1 amide bonds. The SMILES string of the molecule is Cc1cc(F)cc(C(=O)N(CC(N)=S)C(C)C)c1. The summed E-state index contributed by atoms with van der Waals surface area (Å²) >= 11 is 4.82. The van der Waals surface area contributed by atoms with Crippen LogP contribution in [0.15, 0.2) is 18.2 Å². The Balaban J connectivity index is 3.05. The molecule has 0 saturated carbocycles. The molecule has 0 saturated heterocycles. The molecule has 0 bridgehead atoms. The Morgan fingerprint density at radius 3 is 2.50 bits per heavy atom. The van der Waals surface area contributed by atoms with E-state index >= 15 is 0 Å². The van der Waals surface area contributed by atoms with E-state index in [1.165, 1.54) is 17.0 Å². The van der Waals surface area contributed by atoms with Crippen molar-refractivity contribution in [2.75, 3.05) is 6.54 Å². The van der Waals surface area contributed by atoms with E-state index in [9.17, 15) is 9.18 Å². The van der Waals surface area contributed by atoms with Crippen LogP contribution in [0.4, 0.5) is 4.39 Å². The van der Waals surface area contributed by atoms with Gasteiger partial charge in [-0.1, -0.05) is 12.2 Å². The molecule has 0 atom stereocenters. The fourth-order valence-electron chi connectivity index (χ4n) is 1.68. The molecule has 0 heterocycles. The minimum atomic E-state index is -0.419. The standard InChI is InChI=1S/C13H17FN2OS/c1-8(2)16(7-12(15)18)13(17)10-4-9(3)5-11(14)6-10/h4-6,8H,7H2,1-3H3,(H2,15,18). The highest BCUT2D eigenvalue weighted by Gasteiger charge is 2.20. The molecule has 0 radical (unpaired) electrons. The van der Waals surface area contributed by atoms with Crippen molar-refractivity contribution in [1.29, 1.82) is 0 Å². The molecule has 0 aliphatic heterocycles. The van der Waals surface area contributed by atoms with Crippen LogP contribution in [0.25, 0.3) is 0 Å². The molecular formula is C13H17FN2OS. The average molecular weight is 268 g/mol. The highest BCUT2D eigenvalue weighted by atomic mass is 32.1. The van der Waals surface area contributed by atoms with Gasteiger partial charge in [0, 0.05) is 11.6 Å². The van der Waals surface area contributed by atoms with E-state index in [2.05, 4.69) is 0 Å². The van der Waals surface area contributed by atoms with E-state index in [4.69, 9.17) is 18.0 Å². The first-order valence-corrected chi connectivity index (χ1v) is 6.08. The third kappa shape index (κ3) is 3.77. The van der Waals surface area contributed by atoms with Gasteiger partial charge in [0.25, 0.3) is 5.91 Å². The lowest BCUT2D eigenvalue weighted by molar-refractivity contribution is 0.0735. The first kappa shape index (κ1) is 14.6. The Kier molecular flexibility index (Phi) is 4.78. The van der Waals surface area contributed by atoms with Crippen molar-refractivity contribution in [3.05, 3.63) is 35.1 Å². The molecule has 3 nitrogen and oxygen atoms in total. The molecule has 0 aromatic heterocycles. The maximum atomic E-state index is 13.3. The number of aryl methyl sites for hydroxylation is 1. The molecule has 1 rings (SSSR count). The van der Waals surface area contributed by atoms with Gasteiger partial charge in [0.2, 0.25) is 0 Å². The van der Waals surface area contributed by atoms with E-state index < -0.39 is 5.82 Å². The third-order valence-electron chi connectivity index (χ3n) is 2.50. The number of hydrogen-bond donors (Lipinski definition) is 1. The monoisotopic (exact) mass is 268 g/mol. The fourth-order valence-corrected chi connectivity index (χ4v) is 1.82. The number of nitrogens with two attached hydrogens (primary N) is 1. The highest BCUT2D eigenvalue weighted by Crippen LogP contribution is 2.13. The number of thiocarbonyl (C=S) groups is 1. The zero-order valence-corrected chi connectivity index (χ0v) is 11.6. The fraction of sp³-hybridized carbons (Fsp3) is 0.385. The summed E-state index contributed by atoms with van der Waals surface area (Å²) in [6.45, 7) is 5.67. The van der Waals surface area contributed by atoms with Gasteiger partial charge in [-0.2, -0.15) is 0 Å². The Bertz CT molecular complexity index is 454. The van der Waals surface area contributed by atoms with Gasteiger partial charge in [-0.3, -0.25) is 4.79 Å². The van der Waals surface area contributed by atoms with E-state index in [1.807, 2.05) is 13.8 Å². The van der Waals surface area contributed by atoms with Gasteiger partial charge in [0.15, 0.2) is 0 Å². The van der Waals surface area contributed by atoms with Crippen molar-refractivity contribution < 1.29 is 9.18 Å². The van der Waals surface area contributed by atoms with Gasteiger partial charge in [-0.25, -0.2) is 4.39 Å². The van der Waals surface area contributed by atoms with Gasteiger partial charge in [0.1, 0.15) is 5.82 Å². The van der Waals surface area contributed by atoms with Crippen LogP contribution in [0.3, 0.4) is 0 Å². The summed E-state index contributed by atoms with van der Waals surface area (Å²) in [5.74, 6) is -0.683. The van der Waals surface area contributed by atoms with E-state index in [-0.39, 0.29) is 23.5 Å². The highest BCUT2D eigenvalue weighted by molar-refractivity contribution is 7.80. The molecule has 2 N–H and O–H groups in total. The summed E-state index contributed by atoms with van der Waals surface area (Å²) in [5.41, 5.74) is 6.49. The predicted octanol–water partition coefficient (Wildman–Crippen LogP) is 2.27. The number of amides is 1. The number of rotatable bonds is 4. The molecule has 98 valence electrons. The molecule has 0 spiro atoms. The first-order chi connectivity index (χ1) is 8.31. The molecule has 0 aliphatic rings. The van der Waals surface area contributed by atoms with E-state index in [1.54, 1.807) is 13.0 Å². The summed E-state index contributed by atoms with van der Waals surface area (Å²) in [5, 5.41) is 0. The minimum Gasteiger partial charge on any atom is -0.392 e. The number of carbonyl (C=O) groups excluding carboxylic acids is 1. The molecular weight excluding hydrogens is 251 g/mol. The lowest BCUT2D eigenvalue weighted by Gasteiger charge is -2.26. The Morgan fingerprint density at radius 2 is 2.06 bits per heavy atom. The van der Waals surface area contributed by atoms with Gasteiger partial charge in [0.05, 0.1) is 11.5 Å². The summed E-state index contributed by atoms with van der Waals surface area (Å²) in [6, 6.07) is 4.21. The quantitative estimate of drug-likeness (QED) is 0.852. The second-order valence-electron chi connectivity index (χ2n) is 4.51. The maximum Gasteiger partial charge on any atom is 0.254 e. The summed E-state index contributed by atoms with van der Waals surface area (Å²) in [6.07, 6.45) is 0. The maximum absolute atomic E-state index is 13.3. The second-order valence-corrected chi connectivity index (χ2v) is 5.03. The summed E-state index contributed by atoms with van der Waals surface area (Å²) in [7, 11) is 0. The molecule has 1 aromatic rings. The number of halogens is 1. The van der Waals surface area contributed by atoms with Crippen LogP contribution >= 0.6 is 12.2 Å². The van der Waals surface area contributed by atoms with Crippen LogP contribution in [0.1, 0.15) is 29.8 Å². The zero-order valence-electron chi connectivity index (χ0n) is 10.7. The molecule has 0 unspecified atom stereocenters. The molecule has 1 aromatic carbocycles. The number of hydrogen-bond acceptors (Lipinski definition) is 2. The second kappa shape index (κ2) is 5.91. The average Bonchev–Trinajstić information content (AvgIpc) is 2.23. The van der Waals surface area contributed by atoms with Crippen molar-refractivity contribution in [3.8, 4) is 0 Å². The molecule has 18 heavy (non-hydrogen) atoms. The Morgan fingerprint density at radius 1 is 1.44 bits per heavy atom. The normalized spacial score (nSPS) is 10.5. The van der Waals surface area contributed by atoms with Crippen LogP contribution in [0.5, 0.6) is 0 Å². The first-order valence-electron chi connectivity index (χ1n) is 5.67. The Hall–Kier alpha value is -1.49. The van der Waals surface area contributed by atoms with Crippen molar-refractivity contribution in [1.82, 2.24) is 4.90 Å². The van der Waals surface area contributed by atoms with Crippen molar-refractivity contribution in [3.63, 3.8) is 0 Å². The van der Waals surface area contributed by atoms with Crippen LogP contribution in [-0.4, -0.2) is 28.4 Å². The number of nitrogens with zero attached hydrogens (tertiary/aromatic N) is 1. The molecule has 0 aliphatic carbocycles. The lowest BCUT2D eigenvalue weighted by atomic mass is 10.1. The summed E-state index contributed by atoms with van der Waals surface area (Å²) in [4.78, 5) is 14.0. The van der Waals surface area contributed by atoms with Crippen molar-refractivity contribution >= 4 is 23.1 Å². The van der Waals surface area contributed by atoms with Crippen molar-refractivity contribution in [2.45, 2.75) is 26.8 Å². The van der Waals surface area contributed by atoms with Gasteiger partial charge in [-0.15, -0.1) is 0 Å². The Labute approximate surface area is 112 Å². The van der Waals surface area contributed by atoms with Crippen molar-refractivity contribution in [2.24, 2.45) is 5.73 Å². The van der Waals surface area contributed by atoms with Gasteiger partial charge >= 0.3 is 0 Å². The minimum absolute atomic E-state index is 0.0532. The van der Waals surface area contributed by atoms with Gasteiger partial charge < -0.3 is 10.6 Å². The predicted molar refractivity (Wildman–Crippen MR) is 74.1 cm³/mol. The lowest BCUT2D eigenvalue weighted by Crippen LogP contribution is -2.42. The zero-order chi connectivity index (χ0) is 13.9. The number of carbonyl (C=O) groups is 1. The molecule has 5 heteroatoms. The summed E-state index contributed by atoms with van der Waals surface area (Å²) < 4.78 is 13.3. The van der Waals surface area contributed by atoms with Crippen LogP contribution in [0.2, 0.25) is 0 Å². The van der Waals surface area contributed by atoms with Crippen LogP contribution in [0, 0.1) is 12.7 Å². The van der Waals surface area contributed by atoms with Gasteiger partial charge in [-0.05, 0) is 44.5 Å². The largest absolute Gasteiger partial charge is 0.392 e. The number of benzene rings is 1. The topological polar surface area (TPSA) is 46.3 Å².